The molecule has 7 nitrogen and oxygen atoms in total. The van der Waals surface area contributed by atoms with E-state index in [9.17, 15) is 4.79 Å². The van der Waals surface area contributed by atoms with Crippen LogP contribution in [0.3, 0.4) is 0 Å². The number of amides is 1. The molecule has 8 heteroatoms. The molecule has 3 aromatic rings. The Morgan fingerprint density at radius 3 is 2.63 bits per heavy atom. The number of nitrogens with zero attached hydrogens (tertiary/aromatic N) is 5. The summed E-state index contributed by atoms with van der Waals surface area (Å²) >= 11 is 2.22. The van der Waals surface area contributed by atoms with Crippen LogP contribution >= 0.6 is 22.6 Å². The van der Waals surface area contributed by atoms with Gasteiger partial charge < -0.3 is 9.64 Å². The zero-order chi connectivity index (χ0) is 18.6. The SMILES string of the molecule is O=C(c1cccc(I)c1)N1CCC(Oc2ccc(-n3cccn3)nn2)CC1. The minimum Gasteiger partial charge on any atom is -0.473 e. The van der Waals surface area contributed by atoms with Crippen LogP contribution in [0.15, 0.2) is 54.9 Å². The van der Waals surface area contributed by atoms with Crippen LogP contribution in [0.1, 0.15) is 23.2 Å². The summed E-state index contributed by atoms with van der Waals surface area (Å²) in [7, 11) is 0. The lowest BCUT2D eigenvalue weighted by molar-refractivity contribution is 0.0586. The first kappa shape index (κ1) is 17.9. The first-order valence-electron chi connectivity index (χ1n) is 8.74. The number of benzene rings is 1. The van der Waals surface area contributed by atoms with Gasteiger partial charge in [0, 0.05) is 53.5 Å². The molecule has 0 aliphatic carbocycles. The van der Waals surface area contributed by atoms with Gasteiger partial charge in [-0.15, -0.1) is 10.2 Å². The summed E-state index contributed by atoms with van der Waals surface area (Å²) in [5.74, 6) is 1.22. The predicted octanol–water partition coefficient (Wildman–Crippen LogP) is 2.95. The van der Waals surface area contributed by atoms with Gasteiger partial charge in [-0.2, -0.15) is 5.10 Å². The summed E-state index contributed by atoms with van der Waals surface area (Å²) in [5.41, 5.74) is 0.737. The molecule has 0 saturated carbocycles. The Bertz CT molecular complexity index is 906. The van der Waals surface area contributed by atoms with Gasteiger partial charge in [-0.25, -0.2) is 4.68 Å². The number of carbonyl (C=O) groups excluding carboxylic acids is 1. The molecule has 1 fully saturated rings. The van der Waals surface area contributed by atoms with Gasteiger partial charge in [-0.1, -0.05) is 6.07 Å². The maximum absolute atomic E-state index is 12.6. The number of aromatic nitrogens is 4. The molecule has 27 heavy (non-hydrogen) atoms. The van der Waals surface area contributed by atoms with Crippen molar-refractivity contribution in [2.24, 2.45) is 0 Å². The number of hydrogen-bond acceptors (Lipinski definition) is 5. The van der Waals surface area contributed by atoms with Crippen LogP contribution in [-0.2, 0) is 0 Å². The molecule has 1 aromatic carbocycles. The highest BCUT2D eigenvalue weighted by molar-refractivity contribution is 14.1. The third-order valence-corrected chi connectivity index (χ3v) is 5.12. The Kier molecular flexibility index (Phi) is 5.33. The molecule has 1 amide bonds. The van der Waals surface area contributed by atoms with Gasteiger partial charge in [0.2, 0.25) is 5.88 Å². The van der Waals surface area contributed by atoms with Gasteiger partial charge in [-0.3, -0.25) is 4.79 Å². The Balaban J connectivity index is 1.32. The van der Waals surface area contributed by atoms with Crippen LogP contribution in [-0.4, -0.2) is 50.0 Å². The van der Waals surface area contributed by atoms with Crippen LogP contribution in [0.2, 0.25) is 0 Å². The Hall–Kier alpha value is -2.49. The summed E-state index contributed by atoms with van der Waals surface area (Å²) in [4.78, 5) is 14.5. The third-order valence-electron chi connectivity index (χ3n) is 4.45. The van der Waals surface area contributed by atoms with E-state index in [1.807, 2.05) is 47.5 Å². The van der Waals surface area contributed by atoms with Gasteiger partial charge >= 0.3 is 0 Å². The van der Waals surface area contributed by atoms with Gasteiger partial charge in [0.1, 0.15) is 6.10 Å². The van der Waals surface area contributed by atoms with Gasteiger partial charge in [0.05, 0.1) is 0 Å². The molecule has 0 atom stereocenters. The molecule has 1 saturated heterocycles. The van der Waals surface area contributed by atoms with Crippen molar-refractivity contribution >= 4 is 28.5 Å². The zero-order valence-electron chi connectivity index (χ0n) is 14.5. The Morgan fingerprint density at radius 2 is 1.96 bits per heavy atom. The summed E-state index contributed by atoms with van der Waals surface area (Å²) in [6.07, 6.45) is 5.09. The van der Waals surface area contributed by atoms with Crippen molar-refractivity contribution in [1.82, 2.24) is 24.9 Å². The van der Waals surface area contributed by atoms with Crippen molar-refractivity contribution in [2.45, 2.75) is 18.9 Å². The number of carbonyl (C=O) groups is 1. The molecule has 3 heterocycles. The minimum absolute atomic E-state index is 0.0369. The topological polar surface area (TPSA) is 73.1 Å². The lowest BCUT2D eigenvalue weighted by Crippen LogP contribution is -2.41. The molecular weight excluding hydrogens is 457 g/mol. The van der Waals surface area contributed by atoms with Crippen molar-refractivity contribution in [2.75, 3.05) is 13.1 Å². The van der Waals surface area contributed by atoms with Crippen molar-refractivity contribution in [3.05, 3.63) is 64.0 Å². The molecule has 2 aromatic heterocycles. The van der Waals surface area contributed by atoms with Crippen LogP contribution in [0, 0.1) is 3.57 Å². The average molecular weight is 475 g/mol. The fourth-order valence-electron chi connectivity index (χ4n) is 3.05. The quantitative estimate of drug-likeness (QED) is 0.543. The molecule has 0 radical (unpaired) electrons. The van der Waals surface area contributed by atoms with E-state index in [4.69, 9.17) is 4.74 Å². The van der Waals surface area contributed by atoms with Gasteiger partial charge in [0.25, 0.3) is 5.91 Å². The molecule has 0 bridgehead atoms. The zero-order valence-corrected chi connectivity index (χ0v) is 16.7. The van der Waals surface area contributed by atoms with E-state index in [1.54, 1.807) is 16.9 Å². The van der Waals surface area contributed by atoms with Crippen molar-refractivity contribution in [3.8, 4) is 11.7 Å². The number of ether oxygens (including phenoxy) is 1. The van der Waals surface area contributed by atoms with Gasteiger partial charge in [-0.05, 0) is 52.9 Å². The van der Waals surface area contributed by atoms with E-state index in [1.165, 1.54) is 0 Å². The molecule has 0 N–H and O–H groups in total. The molecule has 0 spiro atoms. The number of piperidine rings is 1. The lowest BCUT2D eigenvalue weighted by atomic mass is 10.1. The average Bonchev–Trinajstić information content (AvgIpc) is 3.23. The second-order valence-corrected chi connectivity index (χ2v) is 7.55. The Morgan fingerprint density at radius 1 is 1.11 bits per heavy atom. The maximum Gasteiger partial charge on any atom is 0.253 e. The molecule has 0 unspecified atom stereocenters. The summed E-state index contributed by atoms with van der Waals surface area (Å²) in [6.45, 7) is 1.35. The van der Waals surface area contributed by atoms with Crippen LogP contribution < -0.4 is 4.74 Å². The predicted molar refractivity (Wildman–Crippen MR) is 108 cm³/mol. The molecular formula is C19H18IN5O2. The molecule has 138 valence electrons. The fourth-order valence-corrected chi connectivity index (χ4v) is 3.60. The van der Waals surface area contributed by atoms with E-state index >= 15 is 0 Å². The smallest absolute Gasteiger partial charge is 0.253 e. The highest BCUT2D eigenvalue weighted by atomic mass is 127. The Labute approximate surface area is 170 Å². The minimum atomic E-state index is 0.0369. The van der Waals surface area contributed by atoms with Crippen LogP contribution in [0.25, 0.3) is 5.82 Å². The molecule has 4 rings (SSSR count). The molecule has 1 aliphatic rings. The summed E-state index contributed by atoms with van der Waals surface area (Å²) in [6, 6.07) is 13.1. The van der Waals surface area contributed by atoms with E-state index in [0.717, 1.165) is 22.0 Å². The van der Waals surface area contributed by atoms with E-state index in [-0.39, 0.29) is 12.0 Å². The maximum atomic E-state index is 12.6. The number of halogens is 1. The van der Waals surface area contributed by atoms with Crippen molar-refractivity contribution < 1.29 is 9.53 Å². The van der Waals surface area contributed by atoms with E-state index in [2.05, 4.69) is 37.9 Å². The monoisotopic (exact) mass is 475 g/mol. The van der Waals surface area contributed by atoms with E-state index in [0.29, 0.717) is 24.8 Å². The normalized spacial score (nSPS) is 14.9. The van der Waals surface area contributed by atoms with Crippen molar-refractivity contribution in [3.63, 3.8) is 0 Å². The summed E-state index contributed by atoms with van der Waals surface area (Å²) < 4.78 is 8.65. The lowest BCUT2D eigenvalue weighted by Gasteiger charge is -2.32. The number of likely N-dealkylation sites (tertiary alicyclic amines) is 1. The van der Waals surface area contributed by atoms with Crippen LogP contribution in [0.4, 0.5) is 0 Å². The van der Waals surface area contributed by atoms with E-state index < -0.39 is 0 Å². The van der Waals surface area contributed by atoms with Crippen molar-refractivity contribution in [1.29, 1.82) is 0 Å². The van der Waals surface area contributed by atoms with Crippen LogP contribution in [0.5, 0.6) is 5.88 Å². The highest BCUT2D eigenvalue weighted by Crippen LogP contribution is 2.19. The standard InChI is InChI=1S/C19H18IN5O2/c20-15-4-1-3-14(13-15)19(26)24-11-7-16(8-12-24)27-18-6-5-17(22-23-18)25-10-2-9-21-25/h1-6,9-10,13,16H,7-8,11-12H2. The molecule has 1 aliphatic heterocycles. The summed E-state index contributed by atoms with van der Waals surface area (Å²) in [5, 5.41) is 12.4. The second kappa shape index (κ2) is 8.03. The second-order valence-electron chi connectivity index (χ2n) is 6.30. The highest BCUT2D eigenvalue weighted by Gasteiger charge is 2.25. The third kappa shape index (κ3) is 4.26. The number of hydrogen-bond donors (Lipinski definition) is 0. The first-order chi connectivity index (χ1) is 13.2. The van der Waals surface area contributed by atoms with Gasteiger partial charge in [0.15, 0.2) is 5.82 Å². The fraction of sp³-hybridized carbons (Fsp3) is 0.263. The largest absolute Gasteiger partial charge is 0.473 e. The number of rotatable bonds is 4. The first-order valence-corrected chi connectivity index (χ1v) is 9.82.